The van der Waals surface area contributed by atoms with Crippen molar-refractivity contribution in [3.05, 3.63) is 85.0 Å². The Kier molecular flexibility index (Phi) is 21.7. The van der Waals surface area contributed by atoms with Gasteiger partial charge in [0.1, 0.15) is 36.9 Å². The third kappa shape index (κ3) is 17.1. The van der Waals surface area contributed by atoms with Crippen LogP contribution >= 0.6 is 0 Å². The Morgan fingerprint density at radius 3 is 1.25 bits per heavy atom. The van der Waals surface area contributed by atoms with Gasteiger partial charge in [-0.2, -0.15) is 0 Å². The van der Waals surface area contributed by atoms with Crippen molar-refractivity contribution in [1.82, 2.24) is 0 Å². The molecule has 0 saturated carbocycles. The van der Waals surface area contributed by atoms with E-state index < -0.39 is 24.1 Å². The van der Waals surface area contributed by atoms with Gasteiger partial charge in [0.2, 0.25) is 0 Å². The number of hydrogen-bond donors (Lipinski definition) is 0. The molecule has 2 aliphatic heterocycles. The van der Waals surface area contributed by atoms with Crippen LogP contribution in [0.5, 0.6) is 11.5 Å². The van der Waals surface area contributed by atoms with Gasteiger partial charge in [0, 0.05) is 28.4 Å². The Morgan fingerprint density at radius 2 is 0.918 bits per heavy atom. The maximum Gasteiger partial charge on any atom is 0.330 e. The SMILES string of the molecule is C=CC(=O)OC(COCCOCCOc1ccc(C(C)(C)c2ccc(OCCOCCOCC(COCC3(CC)COC3)OC(=O)C=C)cc2)cc1)COCC1(CC)COC1. The first-order valence-electron chi connectivity index (χ1n) is 21.3. The fraction of sp³-hybridized carbons (Fsp3) is 0.617. The molecule has 2 aromatic rings. The van der Waals surface area contributed by atoms with Crippen LogP contribution in [0.1, 0.15) is 51.7 Å². The van der Waals surface area contributed by atoms with Crippen LogP contribution in [0.4, 0.5) is 0 Å². The molecule has 2 aromatic carbocycles. The molecule has 2 atom stereocenters. The van der Waals surface area contributed by atoms with Crippen LogP contribution in [0.3, 0.4) is 0 Å². The van der Waals surface area contributed by atoms with E-state index >= 15 is 0 Å². The minimum Gasteiger partial charge on any atom is -0.491 e. The molecule has 2 fully saturated rings. The second-order valence-corrected chi connectivity index (χ2v) is 16.0. The summed E-state index contributed by atoms with van der Waals surface area (Å²) in [5.74, 6) is 0.481. The van der Waals surface area contributed by atoms with Gasteiger partial charge >= 0.3 is 11.9 Å². The lowest BCUT2D eigenvalue weighted by Crippen LogP contribution is -2.46. The van der Waals surface area contributed by atoms with Crippen molar-refractivity contribution in [3.8, 4) is 11.5 Å². The Morgan fingerprint density at radius 1 is 0.574 bits per heavy atom. The van der Waals surface area contributed by atoms with Gasteiger partial charge < -0.3 is 56.8 Å². The zero-order chi connectivity index (χ0) is 43.8. The molecule has 2 saturated heterocycles. The summed E-state index contributed by atoms with van der Waals surface area (Å²) in [4.78, 5) is 23.6. The summed E-state index contributed by atoms with van der Waals surface area (Å²) >= 11 is 0. The van der Waals surface area contributed by atoms with E-state index in [9.17, 15) is 9.59 Å². The topological polar surface area (TPSA) is 145 Å². The molecule has 4 rings (SSSR count). The highest BCUT2D eigenvalue weighted by Gasteiger charge is 2.38. The number of hydrogen-bond acceptors (Lipinski definition) is 14. The normalized spacial score (nSPS) is 16.3. The number of esters is 2. The second-order valence-electron chi connectivity index (χ2n) is 16.0. The summed E-state index contributed by atoms with van der Waals surface area (Å²) in [5, 5.41) is 0. The van der Waals surface area contributed by atoms with Gasteiger partial charge in [0.15, 0.2) is 0 Å². The van der Waals surface area contributed by atoms with Gasteiger partial charge in [-0.25, -0.2) is 9.59 Å². The first-order valence-corrected chi connectivity index (χ1v) is 21.3. The van der Waals surface area contributed by atoms with Crippen LogP contribution in [0, 0.1) is 10.8 Å². The van der Waals surface area contributed by atoms with E-state index in [-0.39, 0.29) is 42.7 Å². The maximum atomic E-state index is 11.8. The summed E-state index contributed by atoms with van der Waals surface area (Å²) in [6, 6.07) is 16.2. The molecule has 0 N–H and O–H groups in total. The summed E-state index contributed by atoms with van der Waals surface area (Å²) in [6.45, 7) is 23.2. The summed E-state index contributed by atoms with van der Waals surface area (Å²) in [6.07, 6.45) is 3.12. The molecule has 0 radical (unpaired) electrons. The summed E-state index contributed by atoms with van der Waals surface area (Å²) in [5.41, 5.74) is 2.14. The van der Waals surface area contributed by atoms with Gasteiger partial charge in [-0.1, -0.05) is 65.1 Å². The minimum atomic E-state index is -0.538. The third-order valence-corrected chi connectivity index (χ3v) is 11.0. The molecular formula is C47H68O14. The molecule has 14 heteroatoms. The molecule has 0 bridgehead atoms. The van der Waals surface area contributed by atoms with Crippen molar-refractivity contribution in [2.45, 2.75) is 58.2 Å². The van der Waals surface area contributed by atoms with Crippen LogP contribution in [-0.4, -0.2) is 143 Å². The van der Waals surface area contributed by atoms with Gasteiger partial charge in [0.05, 0.1) is 106 Å². The van der Waals surface area contributed by atoms with Crippen molar-refractivity contribution < 1.29 is 66.4 Å². The first kappa shape index (κ1) is 49.8. The number of carbonyl (C=O) groups excluding carboxylic acids is 2. The highest BCUT2D eigenvalue weighted by atomic mass is 16.6. The van der Waals surface area contributed by atoms with Gasteiger partial charge in [-0.15, -0.1) is 0 Å². The Hall–Kier alpha value is -3.86. The molecular weight excluding hydrogens is 789 g/mol. The predicted octanol–water partition coefficient (Wildman–Crippen LogP) is 5.92. The fourth-order valence-electron chi connectivity index (χ4n) is 6.44. The Bertz CT molecular complexity index is 1440. The van der Waals surface area contributed by atoms with Crippen molar-refractivity contribution in [2.24, 2.45) is 10.8 Å². The Labute approximate surface area is 362 Å². The summed E-state index contributed by atoms with van der Waals surface area (Å²) < 4.78 is 67.7. The molecule has 14 nitrogen and oxygen atoms in total. The van der Waals surface area contributed by atoms with Gasteiger partial charge in [-0.3, -0.25) is 0 Å². The lowest BCUT2D eigenvalue weighted by atomic mass is 9.78. The van der Waals surface area contributed by atoms with Crippen molar-refractivity contribution in [3.63, 3.8) is 0 Å². The lowest BCUT2D eigenvalue weighted by molar-refractivity contribution is -0.167. The zero-order valence-corrected chi connectivity index (χ0v) is 36.7. The number of rotatable bonds is 34. The Balaban J connectivity index is 1.05. The van der Waals surface area contributed by atoms with Gasteiger partial charge in [-0.05, 0) is 48.2 Å². The highest BCUT2D eigenvalue weighted by molar-refractivity contribution is 5.81. The lowest BCUT2D eigenvalue weighted by Gasteiger charge is -2.40. The molecule has 2 unspecified atom stereocenters. The van der Waals surface area contributed by atoms with E-state index in [1.807, 2.05) is 24.3 Å². The van der Waals surface area contributed by atoms with Gasteiger partial charge in [0.25, 0.3) is 0 Å². The molecule has 2 aliphatic rings. The molecule has 61 heavy (non-hydrogen) atoms. The van der Waals surface area contributed by atoms with E-state index in [0.29, 0.717) is 92.5 Å². The van der Waals surface area contributed by atoms with E-state index in [0.717, 1.165) is 47.6 Å². The van der Waals surface area contributed by atoms with E-state index in [1.165, 1.54) is 0 Å². The van der Waals surface area contributed by atoms with Crippen LogP contribution in [0.25, 0.3) is 0 Å². The summed E-state index contributed by atoms with van der Waals surface area (Å²) in [7, 11) is 0. The molecule has 0 amide bonds. The molecule has 0 aromatic heterocycles. The average molecular weight is 857 g/mol. The van der Waals surface area contributed by atoms with E-state index in [1.54, 1.807) is 0 Å². The smallest absolute Gasteiger partial charge is 0.330 e. The monoisotopic (exact) mass is 856 g/mol. The quantitative estimate of drug-likeness (QED) is 0.0467. The van der Waals surface area contributed by atoms with Crippen LogP contribution in [0.15, 0.2) is 73.8 Å². The van der Waals surface area contributed by atoms with Crippen LogP contribution in [0.2, 0.25) is 0 Å². The minimum absolute atomic E-state index is 0.0476. The van der Waals surface area contributed by atoms with Crippen LogP contribution in [-0.2, 0) is 62.4 Å². The molecule has 0 spiro atoms. The van der Waals surface area contributed by atoms with Crippen molar-refractivity contribution in [1.29, 1.82) is 0 Å². The maximum absolute atomic E-state index is 11.8. The number of benzene rings is 2. The zero-order valence-electron chi connectivity index (χ0n) is 36.7. The van der Waals surface area contributed by atoms with E-state index in [4.69, 9.17) is 56.8 Å². The van der Waals surface area contributed by atoms with Crippen molar-refractivity contribution in [2.75, 3.05) is 119 Å². The number of carbonyl (C=O) groups is 2. The fourth-order valence-corrected chi connectivity index (χ4v) is 6.44. The average Bonchev–Trinajstić information content (AvgIpc) is 3.24. The van der Waals surface area contributed by atoms with Crippen molar-refractivity contribution >= 4 is 11.9 Å². The standard InChI is InChI=1S/C47H68O14/c1-7-43(48)60-41(29-54-31-46(9-3)33-56-34-46)27-52-21-19-50-23-25-58-39-15-11-37(12-16-39)45(5,6)38-13-17-40(18-14-38)59-26-24-51-20-22-53-28-42(61-44(49)8-2)30-55-32-47(10-4)35-57-36-47/h7-8,11-18,41-42H,1-2,9-10,19-36H2,3-6H3. The predicted molar refractivity (Wildman–Crippen MR) is 228 cm³/mol. The van der Waals surface area contributed by atoms with Crippen LogP contribution < -0.4 is 9.47 Å². The molecule has 2 heterocycles. The largest absolute Gasteiger partial charge is 0.491 e. The van der Waals surface area contributed by atoms with E-state index in [2.05, 4.69) is 65.1 Å². The molecule has 0 aliphatic carbocycles. The second kappa shape index (κ2) is 26.6. The first-order chi connectivity index (χ1) is 29.6. The number of ether oxygens (including phenoxy) is 12. The molecule has 340 valence electrons. The third-order valence-electron chi connectivity index (χ3n) is 11.0. The highest BCUT2D eigenvalue weighted by Crippen LogP contribution is 2.34.